The van der Waals surface area contributed by atoms with E-state index in [1.54, 1.807) is 4.90 Å². The number of amides is 1. The fourth-order valence-corrected chi connectivity index (χ4v) is 11.9. The Morgan fingerprint density at radius 2 is 1.33 bits per heavy atom. The van der Waals surface area contributed by atoms with Crippen LogP contribution in [0.3, 0.4) is 0 Å². The van der Waals surface area contributed by atoms with Crippen molar-refractivity contribution in [3.63, 3.8) is 0 Å². The second-order valence-electron chi connectivity index (χ2n) is 16.8. The second kappa shape index (κ2) is 25.5. The van der Waals surface area contributed by atoms with Crippen LogP contribution in [0.5, 0.6) is 0 Å². The molecular weight excluding hydrogens is 937 g/mol. The van der Waals surface area contributed by atoms with Gasteiger partial charge in [-0.2, -0.15) is 0 Å². The first kappa shape index (κ1) is 53.1. The molecule has 2 fully saturated rings. The summed E-state index contributed by atoms with van der Waals surface area (Å²) in [5.41, 5.74) is 8.50. The molecular formula is C52H51K2N3O6S3. The molecule has 66 heavy (non-hydrogen) atoms. The summed E-state index contributed by atoms with van der Waals surface area (Å²) in [6, 6.07) is 36.3. The zero-order chi connectivity index (χ0) is 44.6. The largest absolute Gasteiger partial charge is 1.00 e. The third-order valence-corrected chi connectivity index (χ3v) is 15.2. The Labute approximate surface area is 485 Å². The molecule has 0 N–H and O–H groups in total. The molecule has 3 heterocycles. The van der Waals surface area contributed by atoms with Gasteiger partial charge < -0.3 is 24.7 Å². The minimum atomic E-state index is -1.41. The van der Waals surface area contributed by atoms with Crippen LogP contribution < -0.4 is 133 Å². The number of thioether (sulfide) groups is 1. The Morgan fingerprint density at radius 1 is 0.727 bits per heavy atom. The smallest absolute Gasteiger partial charge is 0.550 e. The normalized spacial score (nSPS) is 17.3. The van der Waals surface area contributed by atoms with E-state index in [9.17, 15) is 29.4 Å². The maximum atomic E-state index is 13.9. The van der Waals surface area contributed by atoms with E-state index in [0.717, 1.165) is 137 Å². The molecule has 5 aromatic rings. The van der Waals surface area contributed by atoms with Gasteiger partial charge in [-0.15, -0.1) is 11.3 Å². The number of carboxylic acid groups (broad SMARTS) is 2. The van der Waals surface area contributed by atoms with Crippen LogP contribution in [0, 0.1) is 0 Å². The van der Waals surface area contributed by atoms with Crippen LogP contribution >= 0.6 is 35.3 Å². The molecule has 0 spiro atoms. The molecule has 14 heteroatoms. The number of thiazole rings is 1. The van der Waals surface area contributed by atoms with Gasteiger partial charge in [0.25, 0.3) is 11.5 Å². The SMILES string of the molecule is O=C([O-])CCCCCCCCCCCN1C(=O)/C(=c2\s/c(=C\c3ccc4c(c3)C3CCCC3N4c3ccc(C=C(c4ccccc4)c4ccccc4)cc3)c(=O)n2CC(=O)[O-])SC1=S.[K+].[K+]. The van der Waals surface area contributed by atoms with Gasteiger partial charge in [0.2, 0.25) is 0 Å². The van der Waals surface area contributed by atoms with Gasteiger partial charge >= 0.3 is 103 Å². The van der Waals surface area contributed by atoms with Crippen molar-refractivity contribution in [3.8, 4) is 0 Å². The van der Waals surface area contributed by atoms with E-state index in [0.29, 0.717) is 33.8 Å². The molecule has 1 aliphatic carbocycles. The van der Waals surface area contributed by atoms with Crippen molar-refractivity contribution in [2.24, 2.45) is 0 Å². The number of aliphatic carboxylic acids is 2. The van der Waals surface area contributed by atoms with Crippen LogP contribution in [-0.4, -0.2) is 44.2 Å². The van der Waals surface area contributed by atoms with Gasteiger partial charge in [0, 0.05) is 35.8 Å². The number of carbonyl (C=O) groups excluding carboxylic acids is 3. The van der Waals surface area contributed by atoms with Gasteiger partial charge in [-0.25, -0.2) is 0 Å². The first-order valence-electron chi connectivity index (χ1n) is 22.4. The maximum Gasteiger partial charge on any atom is 1.00 e. The monoisotopic (exact) mass is 987 g/mol. The van der Waals surface area contributed by atoms with Crippen molar-refractivity contribution in [1.29, 1.82) is 0 Å². The van der Waals surface area contributed by atoms with E-state index in [1.165, 1.54) is 5.56 Å². The van der Waals surface area contributed by atoms with Crippen LogP contribution in [-0.2, 0) is 20.9 Å². The molecule has 1 amide bonds. The van der Waals surface area contributed by atoms with Gasteiger partial charge in [-0.1, -0.05) is 154 Å². The molecule has 330 valence electrons. The zero-order valence-corrected chi connectivity index (χ0v) is 46.4. The third kappa shape index (κ3) is 12.9. The molecule has 2 aliphatic heterocycles. The van der Waals surface area contributed by atoms with E-state index < -0.39 is 24.0 Å². The molecule has 1 saturated heterocycles. The Hall–Kier alpha value is -2.29. The Balaban J connectivity index is 0.00000360. The molecule has 1 aromatic heterocycles. The van der Waals surface area contributed by atoms with E-state index in [4.69, 9.17) is 12.2 Å². The van der Waals surface area contributed by atoms with Crippen molar-refractivity contribution in [1.82, 2.24) is 9.47 Å². The standard InChI is InChI=1S/C52H53N3O6S3.2K/c56-46(57)23-14-6-4-2-1-3-5-7-15-30-53-50(61)48(64-52(53)62)51-54(34-47(58)59)49(60)45(63-51)33-36-26-29-44-42(32-36)40-21-16-22-43(40)55(44)39-27-24-35(25-28-39)31-41(37-17-10-8-11-18-37)38-19-12-9-13-20-38;;/h8-13,17-20,24-29,31-33,40,43H,1-7,14-16,21-23,30,34H2,(H,56,57)(H,58,59);;/q;2*+1/p-2/b45-33-,51-48+;;. The molecule has 0 radical (unpaired) electrons. The Kier molecular flexibility index (Phi) is 20.5. The maximum absolute atomic E-state index is 13.9. The predicted octanol–water partition coefficient (Wildman–Crippen LogP) is 1.49. The summed E-state index contributed by atoms with van der Waals surface area (Å²) in [5, 5.41) is 22.5. The number of hydrogen-bond donors (Lipinski definition) is 0. The molecule has 1 saturated carbocycles. The number of thiocarbonyl (C=S) groups is 1. The first-order chi connectivity index (χ1) is 31.2. The molecule has 8 rings (SSSR count). The van der Waals surface area contributed by atoms with Crippen LogP contribution in [0.15, 0.2) is 108 Å². The summed E-state index contributed by atoms with van der Waals surface area (Å²) < 4.78 is 2.15. The third-order valence-electron chi connectivity index (χ3n) is 12.5. The quantitative estimate of drug-likeness (QED) is 0.0525. The van der Waals surface area contributed by atoms with E-state index >= 15 is 0 Å². The summed E-state index contributed by atoms with van der Waals surface area (Å²) >= 11 is 7.85. The first-order valence-corrected chi connectivity index (χ1v) is 24.4. The number of aromatic nitrogens is 1. The van der Waals surface area contributed by atoms with Crippen LogP contribution in [0.25, 0.3) is 22.6 Å². The fraction of sp³-hybridized carbons (Fsp3) is 0.327. The minimum Gasteiger partial charge on any atom is -0.550 e. The van der Waals surface area contributed by atoms with Gasteiger partial charge in [0.05, 0.1) is 17.0 Å². The average molecular weight is 988 g/mol. The molecule has 2 unspecified atom stereocenters. The van der Waals surface area contributed by atoms with Gasteiger partial charge in [0.15, 0.2) is 0 Å². The van der Waals surface area contributed by atoms with Crippen molar-refractivity contribution in [3.05, 3.63) is 150 Å². The number of fused-ring (bicyclic) bond motifs is 3. The Morgan fingerprint density at radius 3 is 1.95 bits per heavy atom. The number of carboxylic acids is 2. The molecule has 3 aliphatic rings. The van der Waals surface area contributed by atoms with Crippen molar-refractivity contribution < 1.29 is 127 Å². The number of carbonyl (C=O) groups is 3. The number of nitrogens with zero attached hydrogens (tertiary/aromatic N) is 3. The topological polar surface area (TPSA) is 126 Å². The van der Waals surface area contributed by atoms with Crippen LogP contribution in [0.1, 0.15) is 117 Å². The molecule has 9 nitrogen and oxygen atoms in total. The van der Waals surface area contributed by atoms with E-state index in [2.05, 4.69) is 95.9 Å². The molecule has 2 atom stereocenters. The second-order valence-corrected chi connectivity index (χ2v) is 19.5. The van der Waals surface area contributed by atoms with Crippen molar-refractivity contribution in [2.45, 2.75) is 102 Å². The van der Waals surface area contributed by atoms with E-state index in [-0.39, 0.29) is 125 Å². The molecule has 4 aromatic carbocycles. The van der Waals surface area contributed by atoms with Crippen LogP contribution in [0.2, 0.25) is 0 Å². The van der Waals surface area contributed by atoms with Crippen LogP contribution in [0.4, 0.5) is 11.4 Å². The summed E-state index contributed by atoms with van der Waals surface area (Å²) in [6.45, 7) is -0.220. The Bertz CT molecular complexity index is 2700. The average Bonchev–Trinajstić information content (AvgIpc) is 4.04. The van der Waals surface area contributed by atoms with Crippen molar-refractivity contribution >= 4 is 91.5 Å². The summed E-state index contributed by atoms with van der Waals surface area (Å²) in [7, 11) is 0. The van der Waals surface area contributed by atoms with Gasteiger partial charge in [0.1, 0.15) is 13.9 Å². The predicted molar refractivity (Wildman–Crippen MR) is 258 cm³/mol. The summed E-state index contributed by atoms with van der Waals surface area (Å²) in [6.07, 6.45) is 16.0. The van der Waals surface area contributed by atoms with E-state index in [1.807, 2.05) is 24.3 Å². The number of rotatable bonds is 19. The zero-order valence-electron chi connectivity index (χ0n) is 37.7. The molecule has 0 bridgehead atoms. The number of hydrogen-bond acceptors (Lipinski definition) is 10. The summed E-state index contributed by atoms with van der Waals surface area (Å²) in [5.74, 6) is -2.38. The minimum absolute atomic E-state index is 0. The van der Waals surface area contributed by atoms with Gasteiger partial charge in [-0.05, 0) is 102 Å². The fourth-order valence-electron chi connectivity index (χ4n) is 9.38. The van der Waals surface area contributed by atoms with Gasteiger partial charge in [-0.3, -0.25) is 19.1 Å². The number of anilines is 2. The summed E-state index contributed by atoms with van der Waals surface area (Å²) in [4.78, 5) is 54.5. The number of benzene rings is 4. The van der Waals surface area contributed by atoms with Crippen molar-refractivity contribution in [2.75, 3.05) is 11.4 Å². The number of unbranched alkanes of at least 4 members (excludes halogenated alkanes) is 8.